The Morgan fingerprint density at radius 1 is 1.08 bits per heavy atom. The van der Waals surface area contributed by atoms with Gasteiger partial charge in [-0.15, -0.1) is 0 Å². The summed E-state index contributed by atoms with van der Waals surface area (Å²) in [5.41, 5.74) is 0.486. The second-order valence-electron chi connectivity index (χ2n) is 6.42. The van der Waals surface area contributed by atoms with E-state index in [1.807, 2.05) is 36.4 Å². The summed E-state index contributed by atoms with van der Waals surface area (Å²) in [5, 5.41) is 2.72. The van der Waals surface area contributed by atoms with Crippen molar-refractivity contribution in [1.82, 2.24) is 4.90 Å². The number of benzene rings is 2. The number of ether oxygens (including phenoxy) is 1. The summed E-state index contributed by atoms with van der Waals surface area (Å²) in [4.78, 5) is 26.8. The van der Waals surface area contributed by atoms with Crippen LogP contribution in [0.5, 0.6) is 11.5 Å². The van der Waals surface area contributed by atoms with Gasteiger partial charge < -0.3 is 15.0 Å². The lowest BCUT2D eigenvalue weighted by Crippen LogP contribution is -2.48. The Labute approximate surface area is 154 Å². The molecule has 2 amide bonds. The number of hydrogen-bond donors (Lipinski definition) is 1. The molecule has 1 unspecified atom stereocenters. The molecule has 5 nitrogen and oxygen atoms in total. The molecule has 26 heavy (non-hydrogen) atoms. The molecule has 3 rings (SSSR count). The van der Waals surface area contributed by atoms with Gasteiger partial charge in [0.05, 0.1) is 5.69 Å². The zero-order chi connectivity index (χ0) is 18.4. The van der Waals surface area contributed by atoms with Gasteiger partial charge in [-0.1, -0.05) is 37.3 Å². The van der Waals surface area contributed by atoms with E-state index >= 15 is 0 Å². The Morgan fingerprint density at radius 3 is 2.58 bits per heavy atom. The van der Waals surface area contributed by atoms with Crippen LogP contribution in [0.25, 0.3) is 0 Å². The highest BCUT2D eigenvalue weighted by Crippen LogP contribution is 2.29. The van der Waals surface area contributed by atoms with Crippen LogP contribution in [0.2, 0.25) is 0 Å². The number of amides is 2. The van der Waals surface area contributed by atoms with E-state index in [9.17, 15) is 9.59 Å². The van der Waals surface area contributed by atoms with Gasteiger partial charge in [0.15, 0.2) is 5.75 Å². The zero-order valence-electron chi connectivity index (χ0n) is 15.0. The van der Waals surface area contributed by atoms with Gasteiger partial charge in [0.1, 0.15) is 5.75 Å². The van der Waals surface area contributed by atoms with Crippen molar-refractivity contribution >= 4 is 17.5 Å². The number of carbonyl (C=O) groups is 2. The molecule has 136 valence electrons. The van der Waals surface area contributed by atoms with E-state index in [0.29, 0.717) is 23.7 Å². The van der Waals surface area contributed by atoms with Crippen LogP contribution >= 0.6 is 0 Å². The van der Waals surface area contributed by atoms with Crippen LogP contribution in [0.3, 0.4) is 0 Å². The van der Waals surface area contributed by atoms with Crippen LogP contribution in [0.1, 0.15) is 32.6 Å². The van der Waals surface area contributed by atoms with E-state index in [0.717, 1.165) is 25.7 Å². The Bertz CT molecular complexity index is 761. The van der Waals surface area contributed by atoms with E-state index in [4.69, 9.17) is 4.74 Å². The SMILES string of the molecule is CCC1CCCCN1C(=O)C(=O)Nc1ccccc1Oc1ccccc1. The van der Waals surface area contributed by atoms with Crippen LogP contribution in [-0.4, -0.2) is 29.3 Å². The molecule has 2 aromatic rings. The smallest absolute Gasteiger partial charge is 0.314 e. The van der Waals surface area contributed by atoms with Crippen LogP contribution in [0, 0.1) is 0 Å². The number of rotatable bonds is 4. The molecule has 0 aliphatic carbocycles. The highest BCUT2D eigenvalue weighted by molar-refractivity contribution is 6.39. The van der Waals surface area contributed by atoms with Crippen molar-refractivity contribution in [3.8, 4) is 11.5 Å². The normalized spacial score (nSPS) is 16.8. The largest absolute Gasteiger partial charge is 0.455 e. The predicted molar refractivity (Wildman–Crippen MR) is 101 cm³/mol. The standard InChI is InChI=1S/C21H24N2O3/c1-2-16-10-8-9-15-23(16)21(25)20(24)22-18-13-6-7-14-19(18)26-17-11-4-3-5-12-17/h3-7,11-14,16H,2,8-10,15H2,1H3,(H,22,24). The Morgan fingerprint density at radius 2 is 1.81 bits per heavy atom. The van der Waals surface area contributed by atoms with Gasteiger partial charge in [0.2, 0.25) is 0 Å². The number of carbonyl (C=O) groups excluding carboxylic acids is 2. The molecular formula is C21H24N2O3. The van der Waals surface area contributed by atoms with Gasteiger partial charge in [-0.2, -0.15) is 0 Å². The minimum absolute atomic E-state index is 0.151. The van der Waals surface area contributed by atoms with Gasteiger partial charge in [0, 0.05) is 12.6 Å². The van der Waals surface area contributed by atoms with Gasteiger partial charge in [0.25, 0.3) is 0 Å². The quantitative estimate of drug-likeness (QED) is 0.839. The highest BCUT2D eigenvalue weighted by atomic mass is 16.5. The maximum absolute atomic E-state index is 12.6. The summed E-state index contributed by atoms with van der Waals surface area (Å²) in [5.74, 6) is 0.0914. The number of piperidine rings is 1. The summed E-state index contributed by atoms with van der Waals surface area (Å²) < 4.78 is 5.84. The molecule has 5 heteroatoms. The second-order valence-corrected chi connectivity index (χ2v) is 6.42. The van der Waals surface area contributed by atoms with E-state index in [1.165, 1.54) is 0 Å². The van der Waals surface area contributed by atoms with Crippen LogP contribution in [0.4, 0.5) is 5.69 Å². The van der Waals surface area contributed by atoms with Crippen molar-refractivity contribution in [2.24, 2.45) is 0 Å². The van der Waals surface area contributed by atoms with Crippen molar-refractivity contribution in [3.63, 3.8) is 0 Å². The lowest BCUT2D eigenvalue weighted by atomic mass is 10.00. The number of anilines is 1. The summed E-state index contributed by atoms with van der Waals surface area (Å²) in [6.45, 7) is 2.70. The van der Waals surface area contributed by atoms with Crippen LogP contribution in [0.15, 0.2) is 54.6 Å². The molecule has 0 radical (unpaired) electrons. The van der Waals surface area contributed by atoms with Crippen molar-refractivity contribution < 1.29 is 14.3 Å². The first-order valence-corrected chi connectivity index (χ1v) is 9.13. The van der Waals surface area contributed by atoms with Gasteiger partial charge >= 0.3 is 11.8 Å². The van der Waals surface area contributed by atoms with E-state index in [1.54, 1.807) is 23.1 Å². The molecule has 0 saturated carbocycles. The van der Waals surface area contributed by atoms with Crippen molar-refractivity contribution in [2.75, 3.05) is 11.9 Å². The lowest BCUT2D eigenvalue weighted by molar-refractivity contribution is -0.145. The maximum atomic E-state index is 12.6. The molecule has 0 bridgehead atoms. The van der Waals surface area contributed by atoms with E-state index in [-0.39, 0.29) is 6.04 Å². The maximum Gasteiger partial charge on any atom is 0.314 e. The lowest BCUT2D eigenvalue weighted by Gasteiger charge is -2.34. The van der Waals surface area contributed by atoms with Crippen LogP contribution in [-0.2, 0) is 9.59 Å². The number of likely N-dealkylation sites (tertiary alicyclic amines) is 1. The first-order chi connectivity index (χ1) is 12.7. The third kappa shape index (κ3) is 4.23. The molecule has 1 heterocycles. The third-order valence-corrected chi connectivity index (χ3v) is 4.66. The molecule has 1 N–H and O–H groups in total. The highest BCUT2D eigenvalue weighted by Gasteiger charge is 2.30. The fourth-order valence-electron chi connectivity index (χ4n) is 3.27. The van der Waals surface area contributed by atoms with E-state index < -0.39 is 11.8 Å². The fraction of sp³-hybridized carbons (Fsp3) is 0.333. The Kier molecular flexibility index (Phi) is 5.89. The molecule has 1 saturated heterocycles. The third-order valence-electron chi connectivity index (χ3n) is 4.66. The first-order valence-electron chi connectivity index (χ1n) is 9.13. The minimum atomic E-state index is -0.616. The molecule has 1 aliphatic heterocycles. The number of hydrogen-bond acceptors (Lipinski definition) is 3. The van der Waals surface area contributed by atoms with Gasteiger partial charge in [-0.25, -0.2) is 0 Å². The molecular weight excluding hydrogens is 328 g/mol. The van der Waals surface area contributed by atoms with Crippen molar-refractivity contribution in [3.05, 3.63) is 54.6 Å². The number of nitrogens with zero attached hydrogens (tertiary/aromatic N) is 1. The molecule has 1 fully saturated rings. The summed E-state index contributed by atoms with van der Waals surface area (Å²) in [6.07, 6.45) is 3.89. The van der Waals surface area contributed by atoms with Crippen LogP contribution < -0.4 is 10.1 Å². The monoisotopic (exact) mass is 352 g/mol. The zero-order valence-corrected chi connectivity index (χ0v) is 15.0. The van der Waals surface area contributed by atoms with Crippen molar-refractivity contribution in [2.45, 2.75) is 38.6 Å². The average Bonchev–Trinajstić information content (AvgIpc) is 2.69. The molecule has 0 aromatic heterocycles. The number of para-hydroxylation sites is 3. The first kappa shape index (κ1) is 18.0. The minimum Gasteiger partial charge on any atom is -0.455 e. The van der Waals surface area contributed by atoms with Gasteiger partial charge in [-0.05, 0) is 49.9 Å². The molecule has 1 atom stereocenters. The topological polar surface area (TPSA) is 58.6 Å². The second kappa shape index (κ2) is 8.52. The van der Waals surface area contributed by atoms with E-state index in [2.05, 4.69) is 12.2 Å². The van der Waals surface area contributed by atoms with Crippen molar-refractivity contribution in [1.29, 1.82) is 0 Å². The summed E-state index contributed by atoms with van der Waals surface area (Å²) >= 11 is 0. The Balaban J connectivity index is 1.72. The Hall–Kier alpha value is -2.82. The summed E-state index contributed by atoms with van der Waals surface area (Å²) in [7, 11) is 0. The average molecular weight is 352 g/mol. The molecule has 2 aromatic carbocycles. The molecule has 1 aliphatic rings. The van der Waals surface area contributed by atoms with Gasteiger partial charge in [-0.3, -0.25) is 9.59 Å². The fourth-order valence-corrected chi connectivity index (χ4v) is 3.27. The molecule has 0 spiro atoms. The summed E-state index contributed by atoms with van der Waals surface area (Å²) in [6, 6.07) is 16.6. The predicted octanol–water partition coefficient (Wildman–Crippen LogP) is 4.21. The number of nitrogens with one attached hydrogen (secondary N) is 1.